The highest BCUT2D eigenvalue weighted by molar-refractivity contribution is 8.00. The molecule has 15 atom stereocenters. The van der Waals surface area contributed by atoms with Crippen molar-refractivity contribution in [2.24, 2.45) is 29.6 Å². The van der Waals surface area contributed by atoms with Crippen molar-refractivity contribution in [2.75, 3.05) is 34.5 Å². The van der Waals surface area contributed by atoms with Gasteiger partial charge in [-0.3, -0.25) is 19.2 Å². The number of methoxy groups -OCH3 is 3. The number of rotatable bonds is 12. The quantitative estimate of drug-likeness (QED) is 0.121. The number of ether oxygens (including phenoxy) is 7. The Kier molecular flexibility index (Phi) is 20.7. The molecule has 1 aromatic carbocycles. The minimum Gasteiger partial charge on any atom is -0.465 e. The van der Waals surface area contributed by atoms with Crippen LogP contribution in [0.1, 0.15) is 117 Å². The van der Waals surface area contributed by atoms with Crippen LogP contribution in [-0.4, -0.2) is 139 Å². The van der Waals surface area contributed by atoms with Crippen molar-refractivity contribution in [3.05, 3.63) is 65.8 Å². The smallest absolute Gasteiger partial charge is 0.329 e. The number of thioether (sulfide) groups is 1. The third-order valence-corrected chi connectivity index (χ3v) is 16.6. The number of benzene rings is 1. The summed E-state index contributed by atoms with van der Waals surface area (Å²) in [6.45, 7) is 14.1. The minimum atomic E-state index is -2.53. The average molecular weight is 1010 g/mol. The summed E-state index contributed by atoms with van der Waals surface area (Å²) in [7, 11) is 4.73. The second-order valence-corrected chi connectivity index (χ2v) is 22.0. The zero-order chi connectivity index (χ0) is 51.6. The van der Waals surface area contributed by atoms with Gasteiger partial charge < -0.3 is 48.3 Å². The minimum absolute atomic E-state index is 0.0120. The molecule has 0 aromatic heterocycles. The van der Waals surface area contributed by atoms with E-state index in [9.17, 15) is 34.2 Å². The second-order valence-electron chi connectivity index (χ2n) is 20.8. The molecule has 5 aliphatic rings. The van der Waals surface area contributed by atoms with Gasteiger partial charge in [-0.15, -0.1) is 18.3 Å². The van der Waals surface area contributed by atoms with E-state index in [4.69, 9.17) is 33.2 Å². The van der Waals surface area contributed by atoms with Crippen molar-refractivity contribution in [2.45, 2.75) is 183 Å². The van der Waals surface area contributed by atoms with Crippen molar-refractivity contribution >= 4 is 41.2 Å². The molecule has 6 rings (SSSR count). The fourth-order valence-corrected chi connectivity index (χ4v) is 12.2. The molecule has 4 heterocycles. The Morgan fingerprint density at radius 1 is 0.873 bits per heavy atom. The van der Waals surface area contributed by atoms with Crippen LogP contribution in [0.25, 0.3) is 0 Å². The number of piperidine rings is 1. The Morgan fingerprint density at radius 3 is 2.24 bits per heavy atom. The first kappa shape index (κ1) is 56.6. The highest BCUT2D eigenvalue weighted by Gasteiger charge is 2.56. The average Bonchev–Trinajstić information content (AvgIpc) is 3.77. The van der Waals surface area contributed by atoms with Gasteiger partial charge in [0.1, 0.15) is 23.5 Å². The zero-order valence-electron chi connectivity index (χ0n) is 43.1. The number of esters is 2. The lowest BCUT2D eigenvalue weighted by Crippen LogP contribution is -2.64. The normalized spacial score (nSPS) is 36.5. The molecule has 4 aliphatic heterocycles. The van der Waals surface area contributed by atoms with Crippen LogP contribution in [0.4, 0.5) is 0 Å². The Bertz CT molecular complexity index is 2080. The molecule has 15 nitrogen and oxygen atoms in total. The summed E-state index contributed by atoms with van der Waals surface area (Å²) in [5.41, 5.74) is 2.19. The number of allylic oxidation sites excluding steroid dienone is 4. The lowest BCUT2D eigenvalue weighted by Gasteiger charge is -2.47. The molecule has 16 heteroatoms. The lowest BCUT2D eigenvalue weighted by atomic mass is 9.81. The van der Waals surface area contributed by atoms with Gasteiger partial charge in [-0.25, -0.2) is 4.79 Å². The topological polar surface area (TPSA) is 194 Å². The van der Waals surface area contributed by atoms with Gasteiger partial charge >= 0.3 is 11.9 Å². The molecule has 394 valence electrons. The number of nitrogens with zero attached hydrogens (tertiary/aromatic N) is 1. The molecule has 1 amide bonds. The molecule has 0 spiro atoms. The van der Waals surface area contributed by atoms with Crippen LogP contribution in [0.2, 0.25) is 0 Å². The van der Waals surface area contributed by atoms with Gasteiger partial charge in [0.15, 0.2) is 5.78 Å². The third-order valence-electron chi connectivity index (χ3n) is 15.4. The molecular formula is C55H79NO14S. The molecule has 2 bridgehead atoms. The first-order valence-corrected chi connectivity index (χ1v) is 26.6. The van der Waals surface area contributed by atoms with E-state index >= 15 is 0 Å². The van der Waals surface area contributed by atoms with Gasteiger partial charge in [0.25, 0.3) is 11.7 Å². The molecule has 3 unspecified atom stereocenters. The molecule has 3 saturated heterocycles. The van der Waals surface area contributed by atoms with Crippen molar-refractivity contribution in [3.63, 3.8) is 0 Å². The van der Waals surface area contributed by atoms with Crippen molar-refractivity contribution in [1.29, 1.82) is 0 Å². The largest absolute Gasteiger partial charge is 0.465 e. The number of carbonyl (C=O) groups is 5. The molecule has 4 fully saturated rings. The number of Topliss-reactive ketones (excluding diaryl/α,β-unsaturated/α-hetero) is 2. The van der Waals surface area contributed by atoms with Crippen molar-refractivity contribution < 1.29 is 67.3 Å². The van der Waals surface area contributed by atoms with Crippen LogP contribution in [0.3, 0.4) is 0 Å². The standard InChI is InChI=1S/C55H79NO14S/c1-10-13-39-25-32(2)24-33(3)26-46(65-8)50-47(66-9)28-35(5)55(63,70-50)51(59)52(60)56-22-12-11-14-41(56)53(61)69-49(36(6)42(57)30-43(39)58)34(4)27-38-17-20-44(45(29-38)64-7)68-31-37-15-18-40(19-16-37)71-48-21-23-67-54(48)62/h10,15-16,18-19,25,27,32-33,35-36,38,41-42,44-50,57,63H,1,11-14,17,20-24,26,28-31H2,2-9H3/t32?,33-,35+,36+,38-,41-,42-,44+,45+,46-,47-,48?,49+,50?,55+/m0/s1. The summed E-state index contributed by atoms with van der Waals surface area (Å²) >= 11 is 1.51. The number of ketones is 2. The van der Waals surface area contributed by atoms with Crippen LogP contribution in [0.5, 0.6) is 0 Å². The molecule has 0 radical (unpaired) electrons. The summed E-state index contributed by atoms with van der Waals surface area (Å²) in [5.74, 6) is -7.58. The van der Waals surface area contributed by atoms with Crippen LogP contribution >= 0.6 is 11.8 Å². The summed E-state index contributed by atoms with van der Waals surface area (Å²) < 4.78 is 42.0. The lowest BCUT2D eigenvalue weighted by molar-refractivity contribution is -0.302. The Balaban J connectivity index is 1.25. The number of hydrogen-bond donors (Lipinski definition) is 2. The highest BCUT2D eigenvalue weighted by atomic mass is 32.2. The van der Waals surface area contributed by atoms with E-state index in [1.54, 1.807) is 27.0 Å². The van der Waals surface area contributed by atoms with Gasteiger partial charge in [-0.2, -0.15) is 0 Å². The second kappa shape index (κ2) is 26.0. The summed E-state index contributed by atoms with van der Waals surface area (Å²) in [5, 5.41) is 23.9. The number of amides is 1. The predicted octanol–water partition coefficient (Wildman–Crippen LogP) is 7.27. The number of aliphatic hydroxyl groups excluding tert-OH is 1. The predicted molar refractivity (Wildman–Crippen MR) is 267 cm³/mol. The van der Waals surface area contributed by atoms with Crippen LogP contribution in [0.15, 0.2) is 65.1 Å². The molecule has 1 aliphatic carbocycles. The molecule has 1 aromatic rings. The maximum atomic E-state index is 14.6. The maximum Gasteiger partial charge on any atom is 0.329 e. The van der Waals surface area contributed by atoms with E-state index in [2.05, 4.69) is 19.6 Å². The zero-order valence-corrected chi connectivity index (χ0v) is 43.9. The first-order chi connectivity index (χ1) is 33.9. The number of cyclic esters (lactones) is 2. The summed E-state index contributed by atoms with van der Waals surface area (Å²) in [6.07, 6.45) is 6.34. The van der Waals surface area contributed by atoms with Gasteiger partial charge in [0.2, 0.25) is 5.79 Å². The van der Waals surface area contributed by atoms with Crippen molar-refractivity contribution in [1.82, 2.24) is 4.90 Å². The van der Waals surface area contributed by atoms with E-state index in [-0.39, 0.29) is 72.8 Å². The Hall–Kier alpha value is -3.74. The fourth-order valence-electron chi connectivity index (χ4n) is 11.2. The first-order valence-electron chi connectivity index (χ1n) is 25.7. The van der Waals surface area contributed by atoms with Gasteiger partial charge in [-0.05, 0) is 118 Å². The summed E-state index contributed by atoms with van der Waals surface area (Å²) in [6, 6.07) is 6.83. The number of carbonyl (C=O) groups excluding carboxylic acids is 5. The number of fused-ring (bicyclic) bond motifs is 3. The molecule has 2 N–H and O–H groups in total. The van der Waals surface area contributed by atoms with Gasteiger partial charge in [0.05, 0.1) is 43.7 Å². The number of aliphatic hydroxyl groups is 2. The molecule has 1 saturated carbocycles. The Morgan fingerprint density at radius 2 is 1.58 bits per heavy atom. The van der Waals surface area contributed by atoms with Crippen LogP contribution in [0, 0.1) is 29.6 Å². The third kappa shape index (κ3) is 14.1. The summed E-state index contributed by atoms with van der Waals surface area (Å²) in [4.78, 5) is 71.7. The van der Waals surface area contributed by atoms with Gasteiger partial charge in [0, 0.05) is 57.4 Å². The van der Waals surface area contributed by atoms with Crippen LogP contribution in [-0.2, 0) is 63.7 Å². The van der Waals surface area contributed by atoms with Crippen LogP contribution < -0.4 is 0 Å². The van der Waals surface area contributed by atoms with Gasteiger partial charge in [-0.1, -0.05) is 58.1 Å². The van der Waals surface area contributed by atoms with Crippen molar-refractivity contribution in [3.8, 4) is 0 Å². The number of hydrogen-bond acceptors (Lipinski definition) is 15. The SMILES string of the molecule is C=CCC1=CC(C)C[C@H](C)C[C@H](OC)C2O[C@@](O)(C(=O)C(=O)N3CCCC[C@H]3C(=O)O[C@H](C(C)=C[C@@H]3CC[C@@H](OCc4ccc(SC5CCOC5=O)cc4)[C@H](OC)C3)[C@H](C)[C@@H](O)CC1=O)[C@H](C)C[C@@H]2OC. The van der Waals surface area contributed by atoms with E-state index in [0.717, 1.165) is 16.9 Å². The fraction of sp³-hybridized carbons (Fsp3) is 0.691. The van der Waals surface area contributed by atoms with E-state index < -0.39 is 71.8 Å². The van der Waals surface area contributed by atoms with E-state index in [1.807, 2.05) is 44.2 Å². The maximum absolute atomic E-state index is 14.6. The molecular weight excluding hydrogens is 931 g/mol. The van der Waals surface area contributed by atoms with E-state index in [0.29, 0.717) is 75.7 Å². The Labute approximate surface area is 424 Å². The molecule has 71 heavy (non-hydrogen) atoms. The monoisotopic (exact) mass is 1010 g/mol. The van der Waals surface area contributed by atoms with E-state index in [1.165, 1.54) is 30.9 Å². The highest BCUT2D eigenvalue weighted by Crippen LogP contribution is 2.40.